The summed E-state index contributed by atoms with van der Waals surface area (Å²) in [6.45, 7) is 2.70. The van der Waals surface area contributed by atoms with E-state index in [9.17, 15) is 5.11 Å². The quantitative estimate of drug-likeness (QED) is 0.811. The average molecular weight is 233 g/mol. The van der Waals surface area contributed by atoms with Crippen molar-refractivity contribution < 1.29 is 9.84 Å². The van der Waals surface area contributed by atoms with Gasteiger partial charge in [-0.05, 0) is 37.0 Å². The molecule has 1 fully saturated rings. The molecule has 1 unspecified atom stereocenters. The summed E-state index contributed by atoms with van der Waals surface area (Å²) in [5.74, 6) is 1.01. The second-order valence-electron chi connectivity index (χ2n) is 5.50. The fraction of sp³-hybridized carbons (Fsp3) is 0.571. The summed E-state index contributed by atoms with van der Waals surface area (Å²) < 4.78 is 5.70. The van der Waals surface area contributed by atoms with Gasteiger partial charge in [-0.25, -0.2) is 0 Å². The van der Waals surface area contributed by atoms with Crippen LogP contribution in [0, 0.1) is 0 Å². The van der Waals surface area contributed by atoms with Gasteiger partial charge in [-0.3, -0.25) is 0 Å². The number of aliphatic hydroxyl groups excluding tert-OH is 1. The molecule has 3 nitrogen and oxygen atoms in total. The molecule has 3 rings (SSSR count). The first-order chi connectivity index (χ1) is 8.13. The van der Waals surface area contributed by atoms with Gasteiger partial charge in [-0.15, -0.1) is 0 Å². The topological polar surface area (TPSA) is 55.5 Å². The molecule has 0 radical (unpaired) electrons. The molecular formula is C14H19NO2. The molecule has 0 spiro atoms. The number of ether oxygens (including phenoxy) is 1. The Morgan fingerprint density at radius 1 is 1.47 bits per heavy atom. The van der Waals surface area contributed by atoms with E-state index >= 15 is 0 Å². The van der Waals surface area contributed by atoms with Gasteiger partial charge in [0, 0.05) is 18.4 Å². The van der Waals surface area contributed by atoms with Crippen molar-refractivity contribution in [1.29, 1.82) is 0 Å². The van der Waals surface area contributed by atoms with Gasteiger partial charge >= 0.3 is 0 Å². The number of hydrogen-bond donors (Lipinski definition) is 2. The van der Waals surface area contributed by atoms with Crippen molar-refractivity contribution in [1.82, 2.24) is 0 Å². The molecule has 0 aromatic heterocycles. The first kappa shape index (κ1) is 11.1. The SMILES string of the molecule is CC1Cc2cc(C3(CN)CC(O)C3)ccc2O1. The number of fused-ring (bicyclic) bond motifs is 1. The largest absolute Gasteiger partial charge is 0.490 e. The van der Waals surface area contributed by atoms with Crippen molar-refractivity contribution in [2.24, 2.45) is 5.73 Å². The highest BCUT2D eigenvalue weighted by molar-refractivity contribution is 5.44. The minimum Gasteiger partial charge on any atom is -0.490 e. The van der Waals surface area contributed by atoms with E-state index in [0.29, 0.717) is 6.54 Å². The third-order valence-corrected chi connectivity index (χ3v) is 4.15. The van der Waals surface area contributed by atoms with E-state index in [1.54, 1.807) is 0 Å². The van der Waals surface area contributed by atoms with Crippen molar-refractivity contribution in [2.75, 3.05) is 6.54 Å². The summed E-state index contributed by atoms with van der Waals surface area (Å²) >= 11 is 0. The van der Waals surface area contributed by atoms with E-state index in [0.717, 1.165) is 25.0 Å². The summed E-state index contributed by atoms with van der Waals surface area (Å²) in [4.78, 5) is 0. The van der Waals surface area contributed by atoms with Gasteiger partial charge in [0.05, 0.1) is 6.10 Å². The summed E-state index contributed by atoms with van der Waals surface area (Å²) in [6, 6.07) is 6.38. The zero-order chi connectivity index (χ0) is 12.0. The van der Waals surface area contributed by atoms with Crippen LogP contribution in [-0.2, 0) is 11.8 Å². The summed E-state index contributed by atoms with van der Waals surface area (Å²) in [7, 11) is 0. The maximum atomic E-state index is 9.53. The molecule has 3 heteroatoms. The third-order valence-electron chi connectivity index (χ3n) is 4.15. The molecule has 1 aromatic carbocycles. The number of aliphatic hydroxyl groups is 1. The monoisotopic (exact) mass is 233 g/mol. The van der Waals surface area contributed by atoms with Crippen molar-refractivity contribution in [3.05, 3.63) is 29.3 Å². The van der Waals surface area contributed by atoms with Gasteiger partial charge in [0.25, 0.3) is 0 Å². The minimum atomic E-state index is -0.179. The molecule has 1 saturated carbocycles. The second kappa shape index (κ2) is 3.72. The normalized spacial score (nSPS) is 35.0. The number of nitrogens with two attached hydrogens (primary N) is 1. The first-order valence-electron chi connectivity index (χ1n) is 6.31. The van der Waals surface area contributed by atoms with E-state index in [4.69, 9.17) is 10.5 Å². The molecule has 0 bridgehead atoms. The Morgan fingerprint density at radius 3 is 2.88 bits per heavy atom. The lowest BCUT2D eigenvalue weighted by Gasteiger charge is -2.45. The summed E-state index contributed by atoms with van der Waals surface area (Å²) in [5, 5.41) is 9.53. The van der Waals surface area contributed by atoms with Crippen LogP contribution in [0.2, 0.25) is 0 Å². The summed E-state index contributed by atoms with van der Waals surface area (Å²) in [5.41, 5.74) is 8.44. The molecule has 0 saturated heterocycles. The van der Waals surface area contributed by atoms with Crippen molar-refractivity contribution >= 4 is 0 Å². The third kappa shape index (κ3) is 1.65. The van der Waals surface area contributed by atoms with Gasteiger partial charge in [-0.1, -0.05) is 12.1 Å². The van der Waals surface area contributed by atoms with Gasteiger partial charge < -0.3 is 15.6 Å². The molecule has 92 valence electrons. The highest BCUT2D eigenvalue weighted by atomic mass is 16.5. The van der Waals surface area contributed by atoms with Crippen LogP contribution in [0.5, 0.6) is 5.75 Å². The van der Waals surface area contributed by atoms with Crippen LogP contribution < -0.4 is 10.5 Å². The first-order valence-corrected chi connectivity index (χ1v) is 6.31. The zero-order valence-corrected chi connectivity index (χ0v) is 10.1. The fourth-order valence-corrected chi connectivity index (χ4v) is 3.11. The average Bonchev–Trinajstić information content (AvgIpc) is 2.63. The molecule has 1 aliphatic carbocycles. The van der Waals surface area contributed by atoms with Crippen LogP contribution in [0.25, 0.3) is 0 Å². The minimum absolute atomic E-state index is 0.000273. The van der Waals surface area contributed by atoms with Crippen LogP contribution in [-0.4, -0.2) is 23.9 Å². The van der Waals surface area contributed by atoms with Gasteiger partial charge in [0.1, 0.15) is 11.9 Å². The van der Waals surface area contributed by atoms with E-state index in [1.165, 1.54) is 11.1 Å². The molecule has 2 aliphatic rings. The Hall–Kier alpha value is -1.06. The lowest BCUT2D eigenvalue weighted by molar-refractivity contribution is 0.0221. The lowest BCUT2D eigenvalue weighted by Crippen LogP contribution is -2.49. The van der Waals surface area contributed by atoms with Gasteiger partial charge in [0.2, 0.25) is 0 Å². The molecule has 17 heavy (non-hydrogen) atoms. The molecule has 3 N–H and O–H groups in total. The van der Waals surface area contributed by atoms with Crippen molar-refractivity contribution in [2.45, 2.75) is 43.8 Å². The lowest BCUT2D eigenvalue weighted by atomic mass is 9.62. The smallest absolute Gasteiger partial charge is 0.123 e. The Bertz CT molecular complexity index is 438. The predicted molar refractivity (Wildman–Crippen MR) is 66.2 cm³/mol. The molecule has 1 heterocycles. The number of benzene rings is 1. The van der Waals surface area contributed by atoms with Gasteiger partial charge in [0.15, 0.2) is 0 Å². The fourth-order valence-electron chi connectivity index (χ4n) is 3.11. The van der Waals surface area contributed by atoms with E-state index in [1.807, 2.05) is 0 Å². The van der Waals surface area contributed by atoms with Crippen LogP contribution in [0.4, 0.5) is 0 Å². The standard InChI is InChI=1S/C14H19NO2/c1-9-4-10-5-11(2-3-13(10)17-9)14(8-15)6-12(16)7-14/h2-3,5,9,12,16H,4,6-8,15H2,1H3. The Kier molecular flexibility index (Phi) is 2.42. The predicted octanol–water partition coefficient (Wildman–Crippen LogP) is 1.36. The van der Waals surface area contributed by atoms with E-state index in [2.05, 4.69) is 25.1 Å². The Labute approximate surface area is 102 Å². The molecule has 1 aliphatic heterocycles. The number of hydrogen-bond acceptors (Lipinski definition) is 3. The van der Waals surface area contributed by atoms with Crippen molar-refractivity contribution in [3.63, 3.8) is 0 Å². The van der Waals surface area contributed by atoms with Crippen LogP contribution >= 0.6 is 0 Å². The highest BCUT2D eigenvalue weighted by Gasteiger charge is 2.44. The van der Waals surface area contributed by atoms with Crippen LogP contribution in [0.1, 0.15) is 30.9 Å². The zero-order valence-electron chi connectivity index (χ0n) is 10.1. The molecule has 1 atom stereocenters. The Balaban J connectivity index is 1.92. The highest BCUT2D eigenvalue weighted by Crippen LogP contribution is 2.44. The van der Waals surface area contributed by atoms with E-state index < -0.39 is 0 Å². The number of rotatable bonds is 2. The second-order valence-corrected chi connectivity index (χ2v) is 5.50. The van der Waals surface area contributed by atoms with Crippen LogP contribution in [0.15, 0.2) is 18.2 Å². The molecule has 1 aromatic rings. The maximum Gasteiger partial charge on any atom is 0.123 e. The molecule has 0 amide bonds. The van der Waals surface area contributed by atoms with Crippen LogP contribution in [0.3, 0.4) is 0 Å². The summed E-state index contributed by atoms with van der Waals surface area (Å²) in [6.07, 6.45) is 2.66. The van der Waals surface area contributed by atoms with E-state index in [-0.39, 0.29) is 17.6 Å². The molecular weight excluding hydrogens is 214 g/mol. The van der Waals surface area contributed by atoms with Gasteiger partial charge in [-0.2, -0.15) is 0 Å². The van der Waals surface area contributed by atoms with Crippen molar-refractivity contribution in [3.8, 4) is 5.75 Å². The maximum absolute atomic E-state index is 9.53. The Morgan fingerprint density at radius 2 is 2.24 bits per heavy atom.